The molecule has 1 aliphatic rings. The third kappa shape index (κ3) is 4.42. The van der Waals surface area contributed by atoms with Gasteiger partial charge in [-0.1, -0.05) is 37.6 Å². The number of methoxy groups -OCH3 is 1. The van der Waals surface area contributed by atoms with Gasteiger partial charge in [-0.25, -0.2) is 14.6 Å². The van der Waals surface area contributed by atoms with Crippen LogP contribution >= 0.6 is 11.6 Å². The minimum absolute atomic E-state index is 0.218. The number of fused-ring (bicyclic) bond motifs is 1. The first kappa shape index (κ1) is 22.5. The Labute approximate surface area is 193 Å². The van der Waals surface area contributed by atoms with E-state index >= 15 is 0 Å². The van der Waals surface area contributed by atoms with Gasteiger partial charge in [0.15, 0.2) is 11.5 Å². The summed E-state index contributed by atoms with van der Waals surface area (Å²) in [6, 6.07) is 7.58. The summed E-state index contributed by atoms with van der Waals surface area (Å²) in [5, 5.41) is 6.25. The first-order valence-corrected chi connectivity index (χ1v) is 11.3. The Morgan fingerprint density at radius 2 is 1.88 bits per heavy atom. The predicted octanol–water partition coefficient (Wildman–Crippen LogP) is 3.62. The highest BCUT2D eigenvalue weighted by Gasteiger charge is 2.26. The highest BCUT2D eigenvalue weighted by molar-refractivity contribution is 6.32. The summed E-state index contributed by atoms with van der Waals surface area (Å²) >= 11 is 6.46. The van der Waals surface area contributed by atoms with Crippen LogP contribution in [0.25, 0.3) is 16.7 Å². The number of carbonyl (C=O) groups excluding carboxylic acids is 1. The summed E-state index contributed by atoms with van der Waals surface area (Å²) in [7, 11) is 1.63. The first-order valence-electron chi connectivity index (χ1n) is 10.9. The number of para-hydroxylation sites is 1. The summed E-state index contributed by atoms with van der Waals surface area (Å²) < 4.78 is 7.11. The van der Waals surface area contributed by atoms with Crippen molar-refractivity contribution in [2.24, 2.45) is 5.92 Å². The van der Waals surface area contributed by atoms with E-state index in [1.54, 1.807) is 11.8 Å². The lowest BCUT2D eigenvalue weighted by Crippen LogP contribution is -2.49. The summed E-state index contributed by atoms with van der Waals surface area (Å²) in [4.78, 5) is 26.2. The van der Waals surface area contributed by atoms with Gasteiger partial charge >= 0.3 is 0 Å². The maximum Gasteiger partial charge on any atom is 0.222 e. The van der Waals surface area contributed by atoms with Crippen LogP contribution in [0.1, 0.15) is 31.8 Å². The second-order valence-corrected chi connectivity index (χ2v) is 8.92. The smallest absolute Gasteiger partial charge is 0.222 e. The fourth-order valence-corrected chi connectivity index (χ4v) is 4.28. The molecule has 32 heavy (non-hydrogen) atoms. The molecule has 0 atom stereocenters. The number of aromatic nitrogens is 4. The second-order valence-electron chi connectivity index (χ2n) is 8.51. The number of hydrogen-bond donors (Lipinski definition) is 0. The summed E-state index contributed by atoms with van der Waals surface area (Å²) in [5.74, 6) is 1.99. The van der Waals surface area contributed by atoms with Crippen molar-refractivity contribution in [3.63, 3.8) is 0 Å². The molecule has 3 heterocycles. The van der Waals surface area contributed by atoms with Crippen LogP contribution in [0.4, 0.5) is 5.82 Å². The number of benzene rings is 1. The van der Waals surface area contributed by atoms with Crippen molar-refractivity contribution < 1.29 is 9.53 Å². The Balaban J connectivity index is 1.72. The molecule has 1 fully saturated rings. The van der Waals surface area contributed by atoms with Crippen molar-refractivity contribution >= 4 is 34.4 Å². The Hall–Kier alpha value is -2.71. The Kier molecular flexibility index (Phi) is 6.62. The van der Waals surface area contributed by atoms with Crippen molar-refractivity contribution in [1.29, 1.82) is 0 Å². The molecule has 0 unspecified atom stereocenters. The Morgan fingerprint density at radius 1 is 1.16 bits per heavy atom. The van der Waals surface area contributed by atoms with E-state index in [1.165, 1.54) is 0 Å². The van der Waals surface area contributed by atoms with E-state index in [1.807, 2.05) is 36.1 Å². The number of rotatable bonds is 6. The van der Waals surface area contributed by atoms with Gasteiger partial charge in [0, 0.05) is 39.7 Å². The quantitative estimate of drug-likeness (QED) is 0.564. The van der Waals surface area contributed by atoms with Gasteiger partial charge in [0.2, 0.25) is 5.91 Å². The number of carbonyl (C=O) groups is 1. The molecule has 3 aromatic rings. The average Bonchev–Trinajstić information content (AvgIpc) is 3.09. The number of ether oxygens (including phenoxy) is 1. The van der Waals surface area contributed by atoms with E-state index in [4.69, 9.17) is 31.4 Å². The minimum Gasteiger partial charge on any atom is -0.377 e. The molecule has 9 heteroatoms. The third-order valence-corrected chi connectivity index (χ3v) is 5.92. The van der Waals surface area contributed by atoms with E-state index in [2.05, 4.69) is 18.7 Å². The first-order chi connectivity index (χ1) is 15.4. The molecule has 0 aliphatic carbocycles. The SMILES string of the molecule is COCc1nc(N2CCN(C(=O)CC(C)C)CC2)c2c(C)nn(-c3ccccc3Cl)c2n1. The molecule has 1 saturated heterocycles. The number of hydrogen-bond acceptors (Lipinski definition) is 6. The van der Waals surface area contributed by atoms with Gasteiger partial charge in [0.25, 0.3) is 0 Å². The van der Waals surface area contributed by atoms with Crippen LogP contribution in [-0.4, -0.2) is 63.8 Å². The molecule has 0 saturated carbocycles. The summed E-state index contributed by atoms with van der Waals surface area (Å²) in [6.45, 7) is 9.16. The highest BCUT2D eigenvalue weighted by atomic mass is 35.5. The third-order valence-electron chi connectivity index (χ3n) is 5.60. The lowest BCUT2D eigenvalue weighted by Gasteiger charge is -2.36. The molecule has 1 aromatic carbocycles. The van der Waals surface area contributed by atoms with Crippen LogP contribution < -0.4 is 4.90 Å². The molecule has 0 N–H and O–H groups in total. The number of halogens is 1. The van der Waals surface area contributed by atoms with E-state index < -0.39 is 0 Å². The normalized spacial score (nSPS) is 14.6. The number of nitrogens with zero attached hydrogens (tertiary/aromatic N) is 6. The van der Waals surface area contributed by atoms with Crippen molar-refractivity contribution in [2.45, 2.75) is 33.8 Å². The van der Waals surface area contributed by atoms with Crippen LogP contribution in [0, 0.1) is 12.8 Å². The fourth-order valence-electron chi connectivity index (χ4n) is 4.07. The van der Waals surface area contributed by atoms with Crippen molar-refractivity contribution in [1.82, 2.24) is 24.6 Å². The van der Waals surface area contributed by atoms with E-state index in [9.17, 15) is 4.79 Å². The van der Waals surface area contributed by atoms with Gasteiger partial charge < -0.3 is 14.5 Å². The average molecular weight is 457 g/mol. The van der Waals surface area contributed by atoms with E-state index in [0.717, 1.165) is 22.6 Å². The molecule has 0 spiro atoms. The zero-order valence-electron chi connectivity index (χ0n) is 19.0. The van der Waals surface area contributed by atoms with E-state index in [0.29, 0.717) is 61.6 Å². The van der Waals surface area contributed by atoms with E-state index in [-0.39, 0.29) is 5.91 Å². The van der Waals surface area contributed by atoms with Crippen LogP contribution in [0.3, 0.4) is 0 Å². The topological polar surface area (TPSA) is 76.4 Å². The molecule has 1 amide bonds. The van der Waals surface area contributed by atoms with Crippen LogP contribution in [0.5, 0.6) is 0 Å². The Bertz CT molecular complexity index is 1120. The zero-order valence-corrected chi connectivity index (χ0v) is 19.8. The predicted molar refractivity (Wildman–Crippen MR) is 125 cm³/mol. The lowest BCUT2D eigenvalue weighted by atomic mass is 10.1. The molecule has 2 aromatic heterocycles. The molecular weight excluding hydrogens is 428 g/mol. The second kappa shape index (κ2) is 9.42. The largest absolute Gasteiger partial charge is 0.377 e. The highest BCUT2D eigenvalue weighted by Crippen LogP contribution is 2.31. The maximum absolute atomic E-state index is 12.5. The van der Waals surface area contributed by atoms with Gasteiger partial charge in [-0.3, -0.25) is 4.79 Å². The minimum atomic E-state index is 0.218. The molecule has 0 bridgehead atoms. The van der Waals surface area contributed by atoms with Crippen LogP contribution in [0.15, 0.2) is 24.3 Å². The lowest BCUT2D eigenvalue weighted by molar-refractivity contribution is -0.132. The van der Waals surface area contributed by atoms with Crippen LogP contribution in [-0.2, 0) is 16.1 Å². The maximum atomic E-state index is 12.5. The molecular formula is C23H29ClN6O2. The molecule has 0 radical (unpaired) electrons. The Morgan fingerprint density at radius 3 is 2.53 bits per heavy atom. The van der Waals surface area contributed by atoms with Crippen molar-refractivity contribution in [3.8, 4) is 5.69 Å². The van der Waals surface area contributed by atoms with Gasteiger partial charge in [-0.05, 0) is 25.0 Å². The number of anilines is 1. The van der Waals surface area contributed by atoms with Gasteiger partial charge in [-0.15, -0.1) is 0 Å². The zero-order chi connectivity index (χ0) is 22.8. The molecule has 4 rings (SSSR count). The number of piperazine rings is 1. The van der Waals surface area contributed by atoms with Gasteiger partial charge in [0.1, 0.15) is 12.4 Å². The number of aryl methyl sites for hydroxylation is 1. The van der Waals surface area contributed by atoms with Crippen LogP contribution in [0.2, 0.25) is 5.02 Å². The monoisotopic (exact) mass is 456 g/mol. The fraction of sp³-hybridized carbons (Fsp3) is 0.478. The number of amides is 1. The summed E-state index contributed by atoms with van der Waals surface area (Å²) in [6.07, 6.45) is 0.583. The summed E-state index contributed by atoms with van der Waals surface area (Å²) in [5.41, 5.74) is 2.30. The van der Waals surface area contributed by atoms with Crippen molar-refractivity contribution in [2.75, 3.05) is 38.2 Å². The van der Waals surface area contributed by atoms with Gasteiger partial charge in [0.05, 0.1) is 21.8 Å². The molecule has 1 aliphatic heterocycles. The van der Waals surface area contributed by atoms with Gasteiger partial charge in [-0.2, -0.15) is 5.10 Å². The standard InChI is InChI=1S/C23H29ClN6O2/c1-15(2)13-20(31)28-9-11-29(12-10-28)22-21-16(3)27-30(18-8-6-5-7-17(18)24)23(21)26-19(25-22)14-32-4/h5-8,15H,9-14H2,1-4H3. The molecule has 170 valence electrons. The molecule has 8 nitrogen and oxygen atoms in total. The van der Waals surface area contributed by atoms with Crippen molar-refractivity contribution in [3.05, 3.63) is 40.8 Å².